The molecule has 0 saturated carbocycles. The van der Waals surface area contributed by atoms with Crippen molar-refractivity contribution in [1.29, 1.82) is 0 Å². The Labute approximate surface area is 119 Å². The lowest BCUT2D eigenvalue weighted by Crippen LogP contribution is -2.44. The summed E-state index contributed by atoms with van der Waals surface area (Å²) in [4.78, 5) is 14.6. The van der Waals surface area contributed by atoms with Crippen molar-refractivity contribution in [2.45, 2.75) is 79.4 Å². The van der Waals surface area contributed by atoms with Crippen LogP contribution in [-0.4, -0.2) is 29.6 Å². The molecule has 1 rings (SSSR count). The fourth-order valence-electron chi connectivity index (χ4n) is 2.57. The second kappa shape index (κ2) is 6.74. The van der Waals surface area contributed by atoms with Gasteiger partial charge in [0.15, 0.2) is 0 Å². The van der Waals surface area contributed by atoms with Gasteiger partial charge in [0.2, 0.25) is 5.91 Å². The monoisotopic (exact) mass is 268 g/mol. The molecule has 2 unspecified atom stereocenters. The molecule has 0 aromatic carbocycles. The smallest absolute Gasteiger partial charge is 0.241 e. The maximum Gasteiger partial charge on any atom is 0.241 e. The van der Waals surface area contributed by atoms with Crippen molar-refractivity contribution < 1.29 is 4.79 Å². The van der Waals surface area contributed by atoms with Crippen LogP contribution in [0.1, 0.15) is 67.2 Å². The standard InChI is InChI=1S/C16H32N2O/c1-7-9-13-15(19)18(14(17-13)10-8-2)11-16(5,6)12(3)4/h12-14,17H,7-11H2,1-6H3. The van der Waals surface area contributed by atoms with Crippen molar-refractivity contribution in [1.82, 2.24) is 10.2 Å². The predicted molar refractivity (Wildman–Crippen MR) is 80.9 cm³/mol. The Morgan fingerprint density at radius 1 is 1.21 bits per heavy atom. The highest BCUT2D eigenvalue weighted by molar-refractivity contribution is 5.84. The summed E-state index contributed by atoms with van der Waals surface area (Å²) in [5, 5.41) is 3.53. The molecule has 1 aliphatic heterocycles. The molecule has 2 atom stereocenters. The number of nitrogens with one attached hydrogen (secondary N) is 1. The van der Waals surface area contributed by atoms with Crippen LogP contribution in [0.15, 0.2) is 0 Å². The molecule has 112 valence electrons. The van der Waals surface area contributed by atoms with Crippen LogP contribution in [0.3, 0.4) is 0 Å². The van der Waals surface area contributed by atoms with Crippen molar-refractivity contribution in [2.24, 2.45) is 11.3 Å². The lowest BCUT2D eigenvalue weighted by molar-refractivity contribution is -0.132. The zero-order valence-electron chi connectivity index (χ0n) is 13.6. The van der Waals surface area contributed by atoms with Gasteiger partial charge < -0.3 is 4.90 Å². The molecule has 19 heavy (non-hydrogen) atoms. The van der Waals surface area contributed by atoms with Crippen molar-refractivity contribution >= 4 is 5.91 Å². The van der Waals surface area contributed by atoms with E-state index in [1.54, 1.807) is 0 Å². The Morgan fingerprint density at radius 2 is 1.79 bits per heavy atom. The van der Waals surface area contributed by atoms with E-state index in [1.165, 1.54) is 0 Å². The maximum atomic E-state index is 12.5. The number of carbonyl (C=O) groups is 1. The average molecular weight is 268 g/mol. The molecule has 1 saturated heterocycles. The molecular formula is C16H32N2O. The van der Waals surface area contributed by atoms with E-state index < -0.39 is 0 Å². The van der Waals surface area contributed by atoms with Gasteiger partial charge in [0.25, 0.3) is 0 Å². The second-order valence-electron chi connectivity index (χ2n) is 6.92. The van der Waals surface area contributed by atoms with Gasteiger partial charge in [-0.25, -0.2) is 0 Å². The summed E-state index contributed by atoms with van der Waals surface area (Å²) in [6.45, 7) is 14.2. The second-order valence-corrected chi connectivity index (χ2v) is 6.92. The lowest BCUT2D eigenvalue weighted by Gasteiger charge is -2.36. The number of hydrogen-bond acceptors (Lipinski definition) is 2. The minimum atomic E-state index is 0.0458. The molecule has 3 heteroatoms. The Balaban J connectivity index is 2.79. The molecule has 1 heterocycles. The van der Waals surface area contributed by atoms with Gasteiger partial charge in [0.05, 0.1) is 12.2 Å². The van der Waals surface area contributed by atoms with Gasteiger partial charge >= 0.3 is 0 Å². The van der Waals surface area contributed by atoms with E-state index in [0.29, 0.717) is 11.8 Å². The van der Waals surface area contributed by atoms with E-state index >= 15 is 0 Å². The molecule has 0 spiro atoms. The van der Waals surface area contributed by atoms with Crippen molar-refractivity contribution in [3.8, 4) is 0 Å². The first-order valence-corrected chi connectivity index (χ1v) is 7.90. The van der Waals surface area contributed by atoms with E-state index in [1.807, 2.05) is 0 Å². The van der Waals surface area contributed by atoms with Crippen molar-refractivity contribution in [2.75, 3.05) is 6.54 Å². The van der Waals surface area contributed by atoms with Gasteiger partial charge in [-0.3, -0.25) is 10.1 Å². The number of amides is 1. The Morgan fingerprint density at radius 3 is 2.26 bits per heavy atom. The highest BCUT2D eigenvalue weighted by Gasteiger charge is 2.40. The molecule has 0 radical (unpaired) electrons. The third kappa shape index (κ3) is 3.95. The average Bonchev–Trinajstić information content (AvgIpc) is 2.58. The van der Waals surface area contributed by atoms with Gasteiger partial charge in [0, 0.05) is 6.54 Å². The van der Waals surface area contributed by atoms with Crippen LogP contribution in [0.2, 0.25) is 0 Å². The topological polar surface area (TPSA) is 32.3 Å². The van der Waals surface area contributed by atoms with Crippen molar-refractivity contribution in [3.63, 3.8) is 0 Å². The van der Waals surface area contributed by atoms with E-state index in [0.717, 1.165) is 32.2 Å². The minimum absolute atomic E-state index is 0.0458. The molecule has 0 bridgehead atoms. The lowest BCUT2D eigenvalue weighted by atomic mass is 9.80. The summed E-state index contributed by atoms with van der Waals surface area (Å²) in [7, 11) is 0. The zero-order chi connectivity index (χ0) is 14.6. The SMILES string of the molecule is CCCC1NC(CCC)N(CC(C)(C)C(C)C)C1=O. The number of nitrogens with zero attached hydrogens (tertiary/aromatic N) is 1. The molecule has 3 nitrogen and oxygen atoms in total. The fourth-order valence-corrected chi connectivity index (χ4v) is 2.57. The first kappa shape index (κ1) is 16.5. The van der Waals surface area contributed by atoms with Gasteiger partial charge in [-0.2, -0.15) is 0 Å². The quantitative estimate of drug-likeness (QED) is 0.767. The van der Waals surface area contributed by atoms with Gasteiger partial charge in [-0.1, -0.05) is 54.4 Å². The third-order valence-corrected chi connectivity index (χ3v) is 4.63. The zero-order valence-corrected chi connectivity index (χ0v) is 13.6. The van der Waals surface area contributed by atoms with Crippen LogP contribution >= 0.6 is 0 Å². The van der Waals surface area contributed by atoms with Gasteiger partial charge in [0.1, 0.15) is 0 Å². The molecular weight excluding hydrogens is 236 g/mol. The summed E-state index contributed by atoms with van der Waals surface area (Å²) < 4.78 is 0. The molecule has 0 aromatic heterocycles. The first-order valence-electron chi connectivity index (χ1n) is 7.90. The predicted octanol–water partition coefficient (Wildman–Crippen LogP) is 3.40. The summed E-state index contributed by atoms with van der Waals surface area (Å²) in [5.41, 5.74) is 0.171. The van der Waals surface area contributed by atoms with Crippen LogP contribution in [0.25, 0.3) is 0 Å². The van der Waals surface area contributed by atoms with E-state index in [2.05, 4.69) is 51.8 Å². The van der Waals surface area contributed by atoms with E-state index in [4.69, 9.17) is 0 Å². The number of rotatable bonds is 7. The third-order valence-electron chi connectivity index (χ3n) is 4.63. The number of carbonyl (C=O) groups excluding carboxylic acids is 1. The van der Waals surface area contributed by atoms with Crippen LogP contribution in [0, 0.1) is 11.3 Å². The highest BCUT2D eigenvalue weighted by Crippen LogP contribution is 2.30. The van der Waals surface area contributed by atoms with Gasteiger partial charge in [-0.15, -0.1) is 0 Å². The van der Waals surface area contributed by atoms with Crippen molar-refractivity contribution in [3.05, 3.63) is 0 Å². The summed E-state index contributed by atoms with van der Waals surface area (Å²) in [6, 6.07) is 0.0458. The molecule has 1 N–H and O–H groups in total. The first-order chi connectivity index (χ1) is 8.83. The molecule has 1 amide bonds. The van der Waals surface area contributed by atoms with E-state index in [-0.39, 0.29) is 17.6 Å². The normalized spacial score (nSPS) is 24.6. The summed E-state index contributed by atoms with van der Waals surface area (Å²) in [5.74, 6) is 0.891. The molecule has 1 aliphatic rings. The highest BCUT2D eigenvalue weighted by atomic mass is 16.2. The molecule has 1 fully saturated rings. The summed E-state index contributed by atoms with van der Waals surface area (Å²) in [6.07, 6.45) is 4.43. The van der Waals surface area contributed by atoms with Crippen LogP contribution < -0.4 is 5.32 Å². The minimum Gasteiger partial charge on any atom is -0.325 e. The van der Waals surface area contributed by atoms with Crippen LogP contribution in [-0.2, 0) is 4.79 Å². The maximum absolute atomic E-state index is 12.5. The van der Waals surface area contributed by atoms with E-state index in [9.17, 15) is 4.79 Å². The van der Waals surface area contributed by atoms with Crippen LogP contribution in [0.4, 0.5) is 0 Å². The molecule has 0 aromatic rings. The molecule has 0 aliphatic carbocycles. The Kier molecular flexibility index (Phi) is 5.84. The summed E-state index contributed by atoms with van der Waals surface area (Å²) >= 11 is 0. The van der Waals surface area contributed by atoms with Gasteiger partial charge in [-0.05, 0) is 24.2 Å². The Hall–Kier alpha value is -0.570. The van der Waals surface area contributed by atoms with Crippen LogP contribution in [0.5, 0.6) is 0 Å². The largest absolute Gasteiger partial charge is 0.325 e. The fraction of sp³-hybridized carbons (Fsp3) is 0.938. The number of hydrogen-bond donors (Lipinski definition) is 1. The Bertz CT molecular complexity index is 299.